The first-order valence-electron chi connectivity index (χ1n) is 6.38. The number of ether oxygens (including phenoxy) is 1. The Morgan fingerprint density at radius 1 is 1.28 bits per heavy atom. The van der Waals surface area contributed by atoms with Gasteiger partial charge >= 0.3 is 0 Å². The normalized spacial score (nSPS) is 27.1. The fraction of sp³-hybridized carbons (Fsp3) is 0.500. The van der Waals surface area contributed by atoms with Crippen molar-refractivity contribution in [2.75, 3.05) is 26.3 Å². The first kappa shape index (κ1) is 12.0. The van der Waals surface area contributed by atoms with E-state index in [0.717, 1.165) is 30.1 Å². The Labute approximate surface area is 112 Å². The molecule has 1 amide bonds. The van der Waals surface area contributed by atoms with Gasteiger partial charge in [0.2, 0.25) is 5.91 Å². The van der Waals surface area contributed by atoms with E-state index in [-0.39, 0.29) is 11.8 Å². The van der Waals surface area contributed by atoms with E-state index in [9.17, 15) is 4.79 Å². The van der Waals surface area contributed by atoms with Gasteiger partial charge in [-0.15, -0.1) is 0 Å². The van der Waals surface area contributed by atoms with Gasteiger partial charge in [-0.05, 0) is 24.0 Å². The summed E-state index contributed by atoms with van der Waals surface area (Å²) >= 11 is 6.17. The van der Waals surface area contributed by atoms with E-state index in [0.29, 0.717) is 19.1 Å². The number of halogens is 1. The number of morpholine rings is 1. The molecule has 1 aliphatic carbocycles. The topological polar surface area (TPSA) is 29.5 Å². The second kappa shape index (κ2) is 4.90. The third kappa shape index (κ3) is 2.25. The number of carbonyl (C=O) groups excluding carboxylic acids is 1. The molecule has 1 heterocycles. The van der Waals surface area contributed by atoms with Gasteiger partial charge in [-0.2, -0.15) is 0 Å². The quantitative estimate of drug-likeness (QED) is 0.821. The van der Waals surface area contributed by atoms with Crippen LogP contribution in [0.25, 0.3) is 0 Å². The predicted molar refractivity (Wildman–Crippen MR) is 69.7 cm³/mol. The third-order valence-corrected chi connectivity index (χ3v) is 4.08. The summed E-state index contributed by atoms with van der Waals surface area (Å²) in [7, 11) is 0. The Hall–Kier alpha value is -1.06. The standard InChI is InChI=1S/C14H16ClNO2/c15-13-4-2-1-3-10(13)11-9-12(11)14(17)16-5-7-18-8-6-16/h1-4,11-12H,5-9H2. The molecule has 0 radical (unpaired) electrons. The average molecular weight is 266 g/mol. The van der Waals surface area contributed by atoms with Crippen LogP contribution in [-0.4, -0.2) is 37.1 Å². The Morgan fingerprint density at radius 3 is 2.72 bits per heavy atom. The summed E-state index contributed by atoms with van der Waals surface area (Å²) in [6.07, 6.45) is 0.930. The summed E-state index contributed by atoms with van der Waals surface area (Å²) < 4.78 is 5.27. The molecule has 0 spiro atoms. The molecular formula is C14H16ClNO2. The maximum atomic E-state index is 12.3. The molecule has 1 saturated heterocycles. The minimum absolute atomic E-state index is 0.128. The van der Waals surface area contributed by atoms with E-state index in [1.54, 1.807) is 0 Å². The molecule has 2 aliphatic rings. The highest BCUT2D eigenvalue weighted by Crippen LogP contribution is 2.50. The lowest BCUT2D eigenvalue weighted by atomic mass is 10.1. The molecule has 1 aromatic rings. The summed E-state index contributed by atoms with van der Waals surface area (Å²) in [5, 5.41) is 0.778. The Bertz CT molecular complexity index is 457. The Kier molecular flexibility index (Phi) is 3.27. The molecule has 96 valence electrons. The van der Waals surface area contributed by atoms with E-state index < -0.39 is 0 Å². The molecule has 1 aliphatic heterocycles. The van der Waals surface area contributed by atoms with Gasteiger partial charge in [-0.3, -0.25) is 4.79 Å². The van der Waals surface area contributed by atoms with Gasteiger partial charge in [-0.25, -0.2) is 0 Å². The number of amides is 1. The van der Waals surface area contributed by atoms with Crippen molar-refractivity contribution in [1.29, 1.82) is 0 Å². The van der Waals surface area contributed by atoms with Crippen LogP contribution in [0.4, 0.5) is 0 Å². The van der Waals surface area contributed by atoms with Gasteiger partial charge in [0, 0.05) is 24.0 Å². The fourth-order valence-corrected chi connectivity index (χ4v) is 2.88. The van der Waals surface area contributed by atoms with E-state index in [2.05, 4.69) is 0 Å². The van der Waals surface area contributed by atoms with Crippen molar-refractivity contribution in [3.63, 3.8) is 0 Å². The molecular weight excluding hydrogens is 250 g/mol. The zero-order chi connectivity index (χ0) is 12.5. The summed E-state index contributed by atoms with van der Waals surface area (Å²) in [6, 6.07) is 7.83. The number of carbonyl (C=O) groups is 1. The van der Waals surface area contributed by atoms with E-state index in [1.165, 1.54) is 0 Å². The zero-order valence-corrected chi connectivity index (χ0v) is 10.9. The van der Waals surface area contributed by atoms with Crippen LogP contribution in [-0.2, 0) is 9.53 Å². The van der Waals surface area contributed by atoms with Crippen LogP contribution in [0.1, 0.15) is 17.9 Å². The van der Waals surface area contributed by atoms with Crippen molar-refractivity contribution < 1.29 is 9.53 Å². The van der Waals surface area contributed by atoms with E-state index in [4.69, 9.17) is 16.3 Å². The van der Waals surface area contributed by atoms with Crippen molar-refractivity contribution in [2.45, 2.75) is 12.3 Å². The maximum absolute atomic E-state index is 12.3. The van der Waals surface area contributed by atoms with Crippen molar-refractivity contribution in [3.8, 4) is 0 Å². The molecule has 2 unspecified atom stereocenters. The number of rotatable bonds is 2. The van der Waals surface area contributed by atoms with Gasteiger partial charge in [-0.1, -0.05) is 29.8 Å². The molecule has 3 nitrogen and oxygen atoms in total. The van der Waals surface area contributed by atoms with Crippen molar-refractivity contribution in [2.24, 2.45) is 5.92 Å². The molecule has 18 heavy (non-hydrogen) atoms. The SMILES string of the molecule is O=C(C1CC1c1ccccc1Cl)N1CCOCC1. The number of hydrogen-bond acceptors (Lipinski definition) is 2. The van der Waals surface area contributed by atoms with Gasteiger partial charge in [0.05, 0.1) is 13.2 Å². The van der Waals surface area contributed by atoms with Gasteiger partial charge in [0.15, 0.2) is 0 Å². The van der Waals surface area contributed by atoms with Crippen molar-refractivity contribution in [1.82, 2.24) is 4.90 Å². The number of hydrogen-bond donors (Lipinski definition) is 0. The van der Waals surface area contributed by atoms with Crippen molar-refractivity contribution >= 4 is 17.5 Å². The second-order valence-electron chi connectivity index (χ2n) is 4.91. The summed E-state index contributed by atoms with van der Waals surface area (Å²) in [5.74, 6) is 0.709. The highest BCUT2D eigenvalue weighted by molar-refractivity contribution is 6.31. The first-order valence-corrected chi connectivity index (χ1v) is 6.76. The maximum Gasteiger partial charge on any atom is 0.226 e. The highest BCUT2D eigenvalue weighted by Gasteiger charge is 2.46. The van der Waals surface area contributed by atoms with Crippen LogP contribution in [0.15, 0.2) is 24.3 Å². The molecule has 1 aromatic carbocycles. The van der Waals surface area contributed by atoms with Crippen LogP contribution >= 0.6 is 11.6 Å². The van der Waals surface area contributed by atoms with Crippen LogP contribution in [0, 0.1) is 5.92 Å². The monoisotopic (exact) mass is 265 g/mol. The fourth-order valence-electron chi connectivity index (χ4n) is 2.61. The Morgan fingerprint density at radius 2 is 2.00 bits per heavy atom. The average Bonchev–Trinajstić information content (AvgIpc) is 3.20. The highest BCUT2D eigenvalue weighted by atomic mass is 35.5. The molecule has 0 bridgehead atoms. The summed E-state index contributed by atoms with van der Waals surface area (Å²) in [4.78, 5) is 14.2. The van der Waals surface area contributed by atoms with Crippen LogP contribution < -0.4 is 0 Å². The lowest BCUT2D eigenvalue weighted by Crippen LogP contribution is -2.41. The lowest BCUT2D eigenvalue weighted by molar-refractivity contribution is -0.136. The largest absolute Gasteiger partial charge is 0.378 e. The number of nitrogens with zero attached hydrogens (tertiary/aromatic N) is 1. The van der Waals surface area contributed by atoms with E-state index >= 15 is 0 Å². The van der Waals surface area contributed by atoms with Crippen LogP contribution in [0.2, 0.25) is 5.02 Å². The molecule has 2 fully saturated rings. The Balaban J connectivity index is 1.67. The molecule has 0 N–H and O–H groups in total. The number of benzene rings is 1. The van der Waals surface area contributed by atoms with Crippen LogP contribution in [0.5, 0.6) is 0 Å². The van der Waals surface area contributed by atoms with Gasteiger partial charge < -0.3 is 9.64 Å². The van der Waals surface area contributed by atoms with Gasteiger partial charge in [0.1, 0.15) is 0 Å². The van der Waals surface area contributed by atoms with Crippen molar-refractivity contribution in [3.05, 3.63) is 34.9 Å². The second-order valence-corrected chi connectivity index (χ2v) is 5.32. The molecule has 3 rings (SSSR count). The van der Waals surface area contributed by atoms with E-state index in [1.807, 2.05) is 29.2 Å². The lowest BCUT2D eigenvalue weighted by Gasteiger charge is -2.27. The molecule has 4 heteroatoms. The first-order chi connectivity index (χ1) is 8.77. The molecule has 0 aromatic heterocycles. The summed E-state index contributed by atoms with van der Waals surface area (Å²) in [5.41, 5.74) is 1.12. The predicted octanol–water partition coefficient (Wildman–Crippen LogP) is 2.30. The third-order valence-electron chi connectivity index (χ3n) is 3.74. The summed E-state index contributed by atoms with van der Waals surface area (Å²) in [6.45, 7) is 2.78. The zero-order valence-electron chi connectivity index (χ0n) is 10.1. The van der Waals surface area contributed by atoms with Gasteiger partial charge in [0.25, 0.3) is 0 Å². The van der Waals surface area contributed by atoms with Crippen LogP contribution in [0.3, 0.4) is 0 Å². The molecule has 1 saturated carbocycles. The molecule has 2 atom stereocenters. The smallest absolute Gasteiger partial charge is 0.226 e. The minimum Gasteiger partial charge on any atom is -0.378 e. The minimum atomic E-state index is 0.128.